The molecule has 0 fully saturated rings. The first kappa shape index (κ1) is 16.0. The predicted molar refractivity (Wildman–Crippen MR) is 95.6 cm³/mol. The van der Waals surface area contributed by atoms with Crippen molar-refractivity contribution in [3.8, 4) is 5.75 Å². The van der Waals surface area contributed by atoms with Crippen LogP contribution in [0, 0.1) is 0 Å². The van der Waals surface area contributed by atoms with Crippen LogP contribution in [-0.2, 0) is 29.6 Å². The lowest BCUT2D eigenvalue weighted by molar-refractivity contribution is 0.486. The highest BCUT2D eigenvalue weighted by Gasteiger charge is 2.23. The third-order valence-corrected chi connectivity index (χ3v) is 6.54. The van der Waals surface area contributed by atoms with Gasteiger partial charge in [-0.3, -0.25) is 0 Å². The van der Waals surface area contributed by atoms with Crippen LogP contribution < -0.4 is 9.32 Å². The lowest BCUT2D eigenvalue weighted by Crippen LogP contribution is -2.19. The smallest absolute Gasteiger partial charge is 0.371 e. The molecule has 1 heterocycles. The van der Waals surface area contributed by atoms with Crippen LogP contribution in [0.4, 0.5) is 0 Å². The molecule has 6 heteroatoms. The first-order valence-corrected chi connectivity index (χ1v) is 10.5. The molecular formula is C18H19NO3S2. The van der Waals surface area contributed by atoms with Crippen LogP contribution in [0.3, 0.4) is 0 Å². The maximum atomic E-state index is 11.1. The fourth-order valence-corrected chi connectivity index (χ4v) is 5.27. The van der Waals surface area contributed by atoms with E-state index in [1.165, 1.54) is 41.5 Å². The summed E-state index contributed by atoms with van der Waals surface area (Å²) in [5.41, 5.74) is 5.58. The number of nitrogens with two attached hydrogens (primary N) is 1. The Morgan fingerprint density at radius 2 is 1.79 bits per heavy atom. The van der Waals surface area contributed by atoms with Crippen molar-refractivity contribution in [1.29, 1.82) is 0 Å². The third kappa shape index (κ3) is 3.31. The van der Waals surface area contributed by atoms with E-state index >= 15 is 0 Å². The molecule has 2 N–H and O–H groups in total. The van der Waals surface area contributed by atoms with Crippen molar-refractivity contribution in [3.63, 3.8) is 0 Å². The summed E-state index contributed by atoms with van der Waals surface area (Å²) in [4.78, 5) is 1.08. The van der Waals surface area contributed by atoms with E-state index in [2.05, 4.69) is 18.2 Å². The number of benzene rings is 2. The lowest BCUT2D eigenvalue weighted by Gasteiger charge is -2.25. The molecule has 0 aromatic heterocycles. The summed E-state index contributed by atoms with van der Waals surface area (Å²) >= 11 is 1.78. The van der Waals surface area contributed by atoms with E-state index in [1.54, 1.807) is 23.9 Å². The van der Waals surface area contributed by atoms with Crippen LogP contribution in [-0.4, -0.2) is 8.42 Å². The molecule has 126 valence electrons. The number of thioether (sulfide) groups is 1. The molecular weight excluding hydrogens is 342 g/mol. The van der Waals surface area contributed by atoms with Gasteiger partial charge in [-0.2, -0.15) is 13.6 Å². The van der Waals surface area contributed by atoms with E-state index < -0.39 is 10.3 Å². The van der Waals surface area contributed by atoms with Crippen molar-refractivity contribution in [2.75, 3.05) is 0 Å². The molecule has 0 radical (unpaired) electrons. The van der Waals surface area contributed by atoms with Gasteiger partial charge in [-0.25, -0.2) is 0 Å². The van der Waals surface area contributed by atoms with Crippen LogP contribution in [0.2, 0.25) is 0 Å². The Labute approximate surface area is 146 Å². The second-order valence-corrected chi connectivity index (χ2v) is 8.77. The van der Waals surface area contributed by atoms with Gasteiger partial charge in [0.25, 0.3) is 0 Å². The number of hydrogen-bond donors (Lipinski definition) is 1. The highest BCUT2D eigenvalue weighted by molar-refractivity contribution is 7.99. The van der Waals surface area contributed by atoms with Crippen molar-refractivity contribution in [1.82, 2.24) is 0 Å². The summed E-state index contributed by atoms with van der Waals surface area (Å²) in [5, 5.41) is 5.35. The SMILES string of the molecule is NS(=O)(=O)Oc1ccc2c(c1)S[C@@H](c1ccc3c(c1)CCC3)CC2. The Morgan fingerprint density at radius 3 is 2.62 bits per heavy atom. The number of fused-ring (bicyclic) bond motifs is 2. The molecule has 4 nitrogen and oxygen atoms in total. The Kier molecular flexibility index (Phi) is 4.06. The second kappa shape index (κ2) is 6.10. The molecule has 2 aliphatic rings. The van der Waals surface area contributed by atoms with E-state index in [0.29, 0.717) is 5.25 Å². The molecule has 0 bridgehead atoms. The highest BCUT2D eigenvalue weighted by Crippen LogP contribution is 2.46. The summed E-state index contributed by atoms with van der Waals surface area (Å²) in [5.74, 6) is 0.276. The van der Waals surface area contributed by atoms with Crippen LogP contribution >= 0.6 is 11.8 Å². The first-order chi connectivity index (χ1) is 11.5. The zero-order valence-electron chi connectivity index (χ0n) is 13.2. The molecule has 1 atom stereocenters. The number of aryl methyl sites for hydroxylation is 3. The minimum Gasteiger partial charge on any atom is -0.371 e. The van der Waals surface area contributed by atoms with Gasteiger partial charge in [0.2, 0.25) is 0 Å². The summed E-state index contributed by atoms with van der Waals surface area (Å²) in [6.07, 6.45) is 5.72. The van der Waals surface area contributed by atoms with Crippen molar-refractivity contribution >= 4 is 22.1 Å². The minimum absolute atomic E-state index is 0.276. The maximum absolute atomic E-state index is 11.1. The van der Waals surface area contributed by atoms with Gasteiger partial charge in [-0.1, -0.05) is 24.3 Å². The largest absolute Gasteiger partial charge is 0.380 e. The van der Waals surface area contributed by atoms with Crippen molar-refractivity contribution in [2.24, 2.45) is 5.14 Å². The van der Waals surface area contributed by atoms with Crippen LogP contribution in [0.25, 0.3) is 0 Å². The highest BCUT2D eigenvalue weighted by atomic mass is 32.2. The predicted octanol–water partition coefficient (Wildman–Crippen LogP) is 3.54. The molecule has 2 aromatic rings. The number of hydrogen-bond acceptors (Lipinski definition) is 4. The molecule has 24 heavy (non-hydrogen) atoms. The van der Waals surface area contributed by atoms with Gasteiger partial charge in [0.05, 0.1) is 0 Å². The average molecular weight is 361 g/mol. The second-order valence-electron chi connectivity index (χ2n) is 6.37. The normalized spacial score (nSPS) is 19.6. The molecule has 2 aromatic carbocycles. The molecule has 0 saturated carbocycles. The van der Waals surface area contributed by atoms with Crippen molar-refractivity contribution < 1.29 is 12.6 Å². The third-order valence-electron chi connectivity index (χ3n) is 4.69. The Bertz CT molecular complexity index is 893. The minimum atomic E-state index is -3.99. The Morgan fingerprint density at radius 1 is 1.00 bits per heavy atom. The molecule has 4 rings (SSSR count). The van der Waals surface area contributed by atoms with Gasteiger partial charge < -0.3 is 4.18 Å². The van der Waals surface area contributed by atoms with Crippen LogP contribution in [0.15, 0.2) is 41.3 Å². The van der Waals surface area contributed by atoms with Gasteiger partial charge in [0.1, 0.15) is 5.75 Å². The Hall–Kier alpha value is -1.50. The van der Waals surface area contributed by atoms with Crippen LogP contribution in [0.1, 0.15) is 40.3 Å². The van der Waals surface area contributed by atoms with E-state index in [1.807, 2.05) is 6.07 Å². The Balaban J connectivity index is 1.59. The van der Waals surface area contributed by atoms with E-state index in [0.717, 1.165) is 17.7 Å². The fourth-order valence-electron chi connectivity index (χ4n) is 3.56. The van der Waals surface area contributed by atoms with Gasteiger partial charge in [0, 0.05) is 10.1 Å². The molecule has 0 saturated heterocycles. The van der Waals surface area contributed by atoms with Gasteiger partial charge in [-0.15, -0.1) is 11.8 Å². The zero-order valence-corrected chi connectivity index (χ0v) is 14.8. The van der Waals surface area contributed by atoms with Gasteiger partial charge in [0.15, 0.2) is 0 Å². The molecule has 0 amide bonds. The summed E-state index contributed by atoms with van der Waals surface area (Å²) in [7, 11) is -3.99. The van der Waals surface area contributed by atoms with E-state index in [4.69, 9.17) is 9.32 Å². The fraction of sp³-hybridized carbons (Fsp3) is 0.333. The summed E-state index contributed by atoms with van der Waals surface area (Å²) < 4.78 is 27.0. The maximum Gasteiger partial charge on any atom is 0.380 e. The van der Waals surface area contributed by atoms with Crippen molar-refractivity contribution in [2.45, 2.75) is 42.2 Å². The zero-order chi connectivity index (χ0) is 16.7. The quantitative estimate of drug-likeness (QED) is 0.908. The standard InChI is InChI=1S/C18H19NO3S2/c19-24(20,21)22-16-8-6-13-7-9-17(23-18(13)11-16)15-5-4-12-2-1-3-14(12)10-15/h4-6,8,10-11,17H,1-3,7,9H2,(H2,19,20,21)/t17-/m1/s1. The van der Waals surface area contributed by atoms with E-state index in [-0.39, 0.29) is 5.75 Å². The topological polar surface area (TPSA) is 69.4 Å². The van der Waals surface area contributed by atoms with Crippen molar-refractivity contribution in [3.05, 3.63) is 58.7 Å². The molecule has 0 unspecified atom stereocenters. The average Bonchev–Trinajstić information content (AvgIpc) is 3.00. The summed E-state index contributed by atoms with van der Waals surface area (Å²) in [6.45, 7) is 0. The van der Waals surface area contributed by atoms with Gasteiger partial charge in [-0.05, 0) is 66.5 Å². The lowest BCUT2D eigenvalue weighted by atomic mass is 9.99. The first-order valence-electron chi connectivity index (χ1n) is 8.11. The van der Waals surface area contributed by atoms with Crippen LogP contribution in [0.5, 0.6) is 5.75 Å². The van der Waals surface area contributed by atoms with E-state index in [9.17, 15) is 8.42 Å². The molecule has 0 spiro atoms. The monoisotopic (exact) mass is 361 g/mol. The number of rotatable bonds is 3. The molecule has 1 aliphatic carbocycles. The molecule has 1 aliphatic heterocycles. The summed E-state index contributed by atoms with van der Waals surface area (Å²) in [6, 6.07) is 12.3. The van der Waals surface area contributed by atoms with Gasteiger partial charge >= 0.3 is 10.3 Å².